The number of aromatic nitrogens is 2. The number of hydrogen-bond acceptors (Lipinski definition) is 5. The Kier molecular flexibility index (Phi) is 5.87. The van der Waals surface area contributed by atoms with Gasteiger partial charge in [-0.1, -0.05) is 18.2 Å². The molecule has 2 aromatic carbocycles. The molecule has 0 saturated carbocycles. The summed E-state index contributed by atoms with van der Waals surface area (Å²) in [5, 5.41) is 5.59. The minimum absolute atomic E-state index is 0.0875. The third-order valence-electron chi connectivity index (χ3n) is 5.03. The molecule has 0 bridgehead atoms. The Morgan fingerprint density at radius 2 is 1.72 bits per heavy atom. The highest BCUT2D eigenvalue weighted by Crippen LogP contribution is 2.30. The molecular formula is C22H25N3O4. The van der Waals surface area contributed by atoms with E-state index in [0.29, 0.717) is 34.5 Å². The molecule has 0 saturated heterocycles. The van der Waals surface area contributed by atoms with Gasteiger partial charge in [-0.25, -0.2) is 4.68 Å². The van der Waals surface area contributed by atoms with E-state index in [1.54, 1.807) is 45.3 Å². The molecule has 152 valence electrons. The molecule has 0 N–H and O–H groups in total. The molecule has 7 nitrogen and oxygen atoms in total. The van der Waals surface area contributed by atoms with Crippen molar-refractivity contribution in [2.75, 3.05) is 21.3 Å². The highest BCUT2D eigenvalue weighted by atomic mass is 16.5. The lowest BCUT2D eigenvalue weighted by atomic mass is 10.1. The van der Waals surface area contributed by atoms with Gasteiger partial charge in [-0.3, -0.25) is 9.59 Å². The summed E-state index contributed by atoms with van der Waals surface area (Å²) in [6, 6.07) is 11.0. The van der Waals surface area contributed by atoms with Gasteiger partial charge in [0, 0.05) is 26.0 Å². The smallest absolute Gasteiger partial charge is 0.274 e. The van der Waals surface area contributed by atoms with Crippen LogP contribution >= 0.6 is 0 Å². The third kappa shape index (κ3) is 4.08. The second-order valence-corrected chi connectivity index (χ2v) is 6.98. The van der Waals surface area contributed by atoms with Gasteiger partial charge in [-0.15, -0.1) is 0 Å². The summed E-state index contributed by atoms with van der Waals surface area (Å²) in [5.74, 6) is 1.19. The Morgan fingerprint density at radius 3 is 2.38 bits per heavy atom. The molecule has 1 heterocycles. The first-order chi connectivity index (χ1) is 13.8. The monoisotopic (exact) mass is 395 g/mol. The number of methoxy groups -OCH3 is 2. The maximum absolute atomic E-state index is 12.9. The minimum Gasteiger partial charge on any atom is -0.493 e. The number of carbonyl (C=O) groups excluding carboxylic acids is 1. The molecule has 0 unspecified atom stereocenters. The van der Waals surface area contributed by atoms with Gasteiger partial charge in [0.1, 0.15) is 0 Å². The zero-order valence-electron chi connectivity index (χ0n) is 17.4. The van der Waals surface area contributed by atoms with Gasteiger partial charge in [-0.05, 0) is 36.2 Å². The fourth-order valence-corrected chi connectivity index (χ4v) is 3.32. The van der Waals surface area contributed by atoms with Crippen molar-refractivity contribution in [2.45, 2.75) is 19.9 Å². The highest BCUT2D eigenvalue weighted by molar-refractivity contribution is 5.88. The Labute approximate surface area is 169 Å². The van der Waals surface area contributed by atoms with E-state index in [0.717, 1.165) is 11.1 Å². The molecule has 0 fully saturated rings. The molecule has 1 aromatic heterocycles. The van der Waals surface area contributed by atoms with Crippen molar-refractivity contribution in [1.29, 1.82) is 0 Å². The number of fused-ring (bicyclic) bond motifs is 1. The number of benzene rings is 2. The van der Waals surface area contributed by atoms with Crippen molar-refractivity contribution in [1.82, 2.24) is 14.7 Å². The summed E-state index contributed by atoms with van der Waals surface area (Å²) >= 11 is 0. The minimum atomic E-state index is -0.175. The normalized spacial score (nSPS) is 10.8. The Balaban J connectivity index is 1.85. The lowest BCUT2D eigenvalue weighted by Crippen LogP contribution is -2.30. The fourth-order valence-electron chi connectivity index (χ4n) is 3.32. The summed E-state index contributed by atoms with van der Waals surface area (Å²) < 4.78 is 12.0. The third-order valence-corrected chi connectivity index (χ3v) is 5.03. The zero-order chi connectivity index (χ0) is 21.1. The van der Waals surface area contributed by atoms with Gasteiger partial charge in [-0.2, -0.15) is 5.10 Å². The van der Waals surface area contributed by atoms with Crippen LogP contribution in [0.5, 0.6) is 11.5 Å². The molecule has 0 spiro atoms. The van der Waals surface area contributed by atoms with Crippen LogP contribution in [0.15, 0.2) is 41.2 Å². The van der Waals surface area contributed by atoms with Crippen LogP contribution in [-0.2, 0) is 24.8 Å². The van der Waals surface area contributed by atoms with Crippen molar-refractivity contribution in [3.8, 4) is 11.5 Å². The van der Waals surface area contributed by atoms with Crippen LogP contribution in [0.1, 0.15) is 16.8 Å². The van der Waals surface area contributed by atoms with Gasteiger partial charge in [0.25, 0.3) is 5.56 Å². The van der Waals surface area contributed by atoms with Crippen molar-refractivity contribution in [3.05, 3.63) is 63.6 Å². The van der Waals surface area contributed by atoms with Crippen LogP contribution in [0.3, 0.4) is 0 Å². The highest BCUT2D eigenvalue weighted by Gasteiger charge is 2.17. The molecule has 0 atom stereocenters. The number of aryl methyl sites for hydroxylation is 2. The van der Waals surface area contributed by atoms with Crippen LogP contribution in [0, 0.1) is 6.92 Å². The maximum atomic E-state index is 12.9. The van der Waals surface area contributed by atoms with E-state index in [2.05, 4.69) is 5.10 Å². The zero-order valence-corrected chi connectivity index (χ0v) is 17.4. The quantitative estimate of drug-likeness (QED) is 0.641. The lowest BCUT2D eigenvalue weighted by Gasteiger charge is -2.20. The van der Waals surface area contributed by atoms with E-state index in [1.165, 1.54) is 4.68 Å². The molecule has 0 aliphatic carbocycles. The van der Waals surface area contributed by atoms with Crippen molar-refractivity contribution >= 4 is 16.7 Å². The van der Waals surface area contributed by atoms with Crippen LogP contribution in [-0.4, -0.2) is 41.9 Å². The van der Waals surface area contributed by atoms with E-state index < -0.39 is 0 Å². The summed E-state index contributed by atoms with van der Waals surface area (Å²) in [5.41, 5.74) is 2.39. The van der Waals surface area contributed by atoms with Gasteiger partial charge < -0.3 is 14.4 Å². The van der Waals surface area contributed by atoms with Crippen molar-refractivity contribution in [2.24, 2.45) is 7.05 Å². The number of hydrogen-bond donors (Lipinski definition) is 0. The van der Waals surface area contributed by atoms with Crippen molar-refractivity contribution < 1.29 is 14.3 Å². The van der Waals surface area contributed by atoms with Crippen LogP contribution < -0.4 is 15.0 Å². The molecule has 7 heteroatoms. The van der Waals surface area contributed by atoms with Crippen LogP contribution in [0.25, 0.3) is 10.8 Å². The second-order valence-electron chi connectivity index (χ2n) is 6.98. The van der Waals surface area contributed by atoms with Crippen LogP contribution in [0.4, 0.5) is 0 Å². The topological polar surface area (TPSA) is 73.7 Å². The SMILES string of the molecule is COc1cc(C)c(CN(C)C(=O)Cc2nn(C)c(=O)c3ccccc23)cc1OC. The van der Waals surface area contributed by atoms with Crippen molar-refractivity contribution in [3.63, 3.8) is 0 Å². The van der Waals surface area contributed by atoms with E-state index in [4.69, 9.17) is 9.47 Å². The van der Waals surface area contributed by atoms with Gasteiger partial charge in [0.05, 0.1) is 31.7 Å². The predicted molar refractivity (Wildman–Crippen MR) is 111 cm³/mol. The summed E-state index contributed by atoms with van der Waals surface area (Å²) in [7, 11) is 6.53. The summed E-state index contributed by atoms with van der Waals surface area (Å²) in [6.45, 7) is 2.40. The maximum Gasteiger partial charge on any atom is 0.274 e. The number of likely N-dealkylation sites (N-methyl/N-ethyl adjacent to an activating group) is 1. The van der Waals surface area contributed by atoms with Crippen LogP contribution in [0.2, 0.25) is 0 Å². The molecule has 0 aliphatic rings. The molecular weight excluding hydrogens is 370 g/mol. The molecule has 3 rings (SSSR count). The van der Waals surface area contributed by atoms with Gasteiger partial charge in [0.15, 0.2) is 11.5 Å². The number of carbonyl (C=O) groups is 1. The predicted octanol–water partition coefficient (Wildman–Crippen LogP) is 2.46. The number of rotatable bonds is 6. The lowest BCUT2D eigenvalue weighted by molar-refractivity contribution is -0.129. The number of nitrogens with zero attached hydrogens (tertiary/aromatic N) is 3. The Hall–Kier alpha value is -3.35. The number of amides is 1. The molecule has 0 radical (unpaired) electrons. The first kappa shape index (κ1) is 20.4. The fraction of sp³-hybridized carbons (Fsp3) is 0.318. The second kappa shape index (κ2) is 8.34. The van der Waals surface area contributed by atoms with Gasteiger partial charge in [0.2, 0.25) is 5.91 Å². The molecule has 1 amide bonds. The summed E-state index contributed by atoms with van der Waals surface area (Å²) in [6.07, 6.45) is 0.109. The Morgan fingerprint density at radius 1 is 1.10 bits per heavy atom. The first-order valence-corrected chi connectivity index (χ1v) is 9.26. The molecule has 3 aromatic rings. The van der Waals surface area contributed by atoms with E-state index >= 15 is 0 Å². The largest absolute Gasteiger partial charge is 0.493 e. The summed E-state index contributed by atoms with van der Waals surface area (Å²) in [4.78, 5) is 26.8. The van der Waals surface area contributed by atoms with E-state index in [1.807, 2.05) is 31.2 Å². The van der Waals surface area contributed by atoms with E-state index in [9.17, 15) is 9.59 Å². The molecule has 29 heavy (non-hydrogen) atoms. The molecule has 0 aliphatic heterocycles. The average molecular weight is 395 g/mol. The van der Waals surface area contributed by atoms with E-state index in [-0.39, 0.29) is 17.9 Å². The number of ether oxygens (including phenoxy) is 2. The van der Waals surface area contributed by atoms with Gasteiger partial charge >= 0.3 is 0 Å². The standard InChI is InChI=1S/C22H25N3O4/c1-14-10-19(28-4)20(29-5)11-15(14)13-24(2)21(26)12-18-16-8-6-7-9-17(16)22(27)25(3)23-18/h6-11H,12-13H2,1-5H3. The first-order valence-electron chi connectivity index (χ1n) is 9.26. The average Bonchev–Trinajstić information content (AvgIpc) is 2.72. The Bertz CT molecular complexity index is 1120.